The molecule has 0 aliphatic heterocycles. The Morgan fingerprint density at radius 3 is 2.36 bits per heavy atom. The fourth-order valence-corrected chi connectivity index (χ4v) is 2.69. The maximum atomic E-state index is 12.1. The van der Waals surface area contributed by atoms with Crippen LogP contribution in [0.4, 0.5) is 22.9 Å². The Balaban J connectivity index is 1.58. The summed E-state index contributed by atoms with van der Waals surface area (Å²) in [5.41, 5.74) is 2.98. The zero-order chi connectivity index (χ0) is 19.9. The topological polar surface area (TPSA) is 83.1 Å². The van der Waals surface area contributed by atoms with Crippen molar-refractivity contribution < 1.29 is 9.59 Å². The summed E-state index contributed by atoms with van der Waals surface area (Å²) in [6.07, 6.45) is 1.84. The molecular formula is C21H19ClN4O2. The third-order valence-corrected chi connectivity index (χ3v) is 4.03. The largest absolute Gasteiger partial charge is 0.340 e. The van der Waals surface area contributed by atoms with Crippen LogP contribution >= 0.6 is 11.6 Å². The fraction of sp³-hybridized carbons (Fsp3) is 0.0952. The Bertz CT molecular complexity index is 972. The molecule has 0 fully saturated rings. The van der Waals surface area contributed by atoms with Gasteiger partial charge in [0.25, 0.3) is 0 Å². The summed E-state index contributed by atoms with van der Waals surface area (Å²) in [6.45, 7) is 1.46. The van der Waals surface area contributed by atoms with Gasteiger partial charge in [-0.1, -0.05) is 29.8 Å². The zero-order valence-electron chi connectivity index (χ0n) is 15.2. The van der Waals surface area contributed by atoms with Crippen LogP contribution in [0.15, 0.2) is 66.9 Å². The highest BCUT2D eigenvalue weighted by molar-refractivity contribution is 6.30. The number of halogens is 1. The number of benzene rings is 2. The van der Waals surface area contributed by atoms with E-state index in [4.69, 9.17) is 11.6 Å². The van der Waals surface area contributed by atoms with Crippen LogP contribution in [0.5, 0.6) is 0 Å². The lowest BCUT2D eigenvalue weighted by molar-refractivity contribution is -0.116. The van der Waals surface area contributed by atoms with Crippen molar-refractivity contribution in [1.82, 2.24) is 4.98 Å². The predicted octanol–water partition coefficient (Wildman–Crippen LogP) is 4.62. The van der Waals surface area contributed by atoms with Crippen molar-refractivity contribution in [3.63, 3.8) is 0 Å². The van der Waals surface area contributed by atoms with E-state index in [1.54, 1.807) is 36.5 Å². The first-order valence-corrected chi connectivity index (χ1v) is 9.01. The number of aromatic nitrogens is 1. The number of anilines is 4. The summed E-state index contributed by atoms with van der Waals surface area (Å²) < 4.78 is 0. The van der Waals surface area contributed by atoms with Crippen LogP contribution in [-0.2, 0) is 16.0 Å². The normalized spacial score (nSPS) is 10.2. The molecule has 0 atom stereocenters. The van der Waals surface area contributed by atoms with E-state index in [-0.39, 0.29) is 18.2 Å². The van der Waals surface area contributed by atoms with Crippen LogP contribution in [0.1, 0.15) is 12.5 Å². The molecule has 0 saturated heterocycles. The van der Waals surface area contributed by atoms with Gasteiger partial charge in [0.1, 0.15) is 5.82 Å². The molecule has 1 aromatic heterocycles. The van der Waals surface area contributed by atoms with E-state index in [0.717, 1.165) is 11.3 Å². The number of hydrogen-bond acceptors (Lipinski definition) is 4. The molecule has 2 aromatic carbocycles. The van der Waals surface area contributed by atoms with Gasteiger partial charge in [0, 0.05) is 23.3 Å². The van der Waals surface area contributed by atoms with Crippen molar-refractivity contribution in [3.05, 3.63) is 77.4 Å². The van der Waals surface area contributed by atoms with Crippen LogP contribution in [-0.4, -0.2) is 16.8 Å². The smallest absolute Gasteiger partial charge is 0.228 e. The Morgan fingerprint density at radius 1 is 0.929 bits per heavy atom. The monoisotopic (exact) mass is 394 g/mol. The first-order chi connectivity index (χ1) is 13.5. The van der Waals surface area contributed by atoms with Crippen molar-refractivity contribution >= 4 is 46.3 Å². The molecule has 6 nitrogen and oxygen atoms in total. The molecule has 3 aromatic rings. The summed E-state index contributed by atoms with van der Waals surface area (Å²) >= 11 is 5.85. The van der Waals surface area contributed by atoms with Crippen LogP contribution in [0, 0.1) is 0 Å². The number of pyridine rings is 1. The lowest BCUT2D eigenvalue weighted by Gasteiger charge is -2.09. The quantitative estimate of drug-likeness (QED) is 0.569. The summed E-state index contributed by atoms with van der Waals surface area (Å²) in [5.74, 6) is 0.359. The summed E-state index contributed by atoms with van der Waals surface area (Å²) in [7, 11) is 0. The number of hydrogen-bond donors (Lipinski definition) is 3. The molecule has 7 heteroatoms. The van der Waals surface area contributed by atoms with Gasteiger partial charge >= 0.3 is 0 Å². The third kappa shape index (κ3) is 5.82. The van der Waals surface area contributed by atoms with Gasteiger partial charge in [-0.3, -0.25) is 9.59 Å². The van der Waals surface area contributed by atoms with Crippen molar-refractivity contribution in [1.29, 1.82) is 0 Å². The van der Waals surface area contributed by atoms with Crippen LogP contribution in [0.25, 0.3) is 0 Å². The molecule has 0 unspecified atom stereocenters. The Kier molecular flexibility index (Phi) is 6.24. The van der Waals surface area contributed by atoms with Gasteiger partial charge in [-0.2, -0.15) is 0 Å². The number of rotatable bonds is 6. The number of carbonyl (C=O) groups is 2. The van der Waals surface area contributed by atoms with Gasteiger partial charge in [-0.25, -0.2) is 4.98 Å². The first-order valence-electron chi connectivity index (χ1n) is 8.63. The molecule has 0 aliphatic rings. The number of amides is 2. The standard InChI is InChI=1S/C21H19ClN4O2/c1-14(27)24-17-3-2-4-18(12-17)25-20-10-9-19(13-23-20)26-21(28)11-15-5-7-16(22)8-6-15/h2-10,12-13H,11H2,1H3,(H,23,25)(H,24,27)(H,26,28). The molecular weight excluding hydrogens is 376 g/mol. The van der Waals surface area contributed by atoms with Crippen molar-refractivity contribution in [2.24, 2.45) is 0 Å². The molecule has 0 radical (unpaired) electrons. The lowest BCUT2D eigenvalue weighted by Crippen LogP contribution is -2.14. The van der Waals surface area contributed by atoms with E-state index >= 15 is 0 Å². The number of carbonyl (C=O) groups excluding carboxylic acids is 2. The molecule has 1 heterocycles. The predicted molar refractivity (Wildman–Crippen MR) is 112 cm³/mol. The third-order valence-electron chi connectivity index (χ3n) is 3.78. The molecule has 0 bridgehead atoms. The maximum Gasteiger partial charge on any atom is 0.228 e. The molecule has 2 amide bonds. The van der Waals surface area contributed by atoms with E-state index in [1.165, 1.54) is 6.92 Å². The van der Waals surface area contributed by atoms with Gasteiger partial charge < -0.3 is 16.0 Å². The molecule has 0 spiro atoms. The Morgan fingerprint density at radius 2 is 1.68 bits per heavy atom. The minimum Gasteiger partial charge on any atom is -0.340 e. The Labute approximate surface area is 168 Å². The molecule has 0 aliphatic carbocycles. The molecule has 142 valence electrons. The number of nitrogens with zero attached hydrogens (tertiary/aromatic N) is 1. The maximum absolute atomic E-state index is 12.1. The fourth-order valence-electron chi connectivity index (χ4n) is 2.56. The zero-order valence-corrected chi connectivity index (χ0v) is 16.0. The van der Waals surface area contributed by atoms with E-state index in [2.05, 4.69) is 20.9 Å². The second kappa shape index (κ2) is 9.01. The van der Waals surface area contributed by atoms with Gasteiger partial charge in [0.2, 0.25) is 11.8 Å². The second-order valence-electron chi connectivity index (χ2n) is 6.17. The molecule has 3 rings (SSSR count). The van der Waals surface area contributed by atoms with E-state index in [9.17, 15) is 9.59 Å². The lowest BCUT2D eigenvalue weighted by atomic mass is 10.1. The molecule has 3 N–H and O–H groups in total. The minimum absolute atomic E-state index is 0.131. The van der Waals surface area contributed by atoms with Crippen molar-refractivity contribution in [2.75, 3.05) is 16.0 Å². The van der Waals surface area contributed by atoms with Gasteiger partial charge in [0.05, 0.1) is 18.3 Å². The van der Waals surface area contributed by atoms with Crippen molar-refractivity contribution in [3.8, 4) is 0 Å². The highest BCUT2D eigenvalue weighted by atomic mass is 35.5. The number of nitrogens with one attached hydrogen (secondary N) is 3. The summed E-state index contributed by atoms with van der Waals surface area (Å²) in [4.78, 5) is 27.6. The molecule has 28 heavy (non-hydrogen) atoms. The van der Waals surface area contributed by atoms with E-state index in [1.807, 2.05) is 30.3 Å². The summed E-state index contributed by atoms with van der Waals surface area (Å²) in [6, 6.07) is 18.0. The van der Waals surface area contributed by atoms with E-state index < -0.39 is 0 Å². The SMILES string of the molecule is CC(=O)Nc1cccc(Nc2ccc(NC(=O)Cc3ccc(Cl)cc3)cn2)c1. The van der Waals surface area contributed by atoms with Crippen molar-refractivity contribution in [2.45, 2.75) is 13.3 Å². The van der Waals surface area contributed by atoms with Gasteiger partial charge in [0.15, 0.2) is 0 Å². The first kappa shape index (κ1) is 19.4. The van der Waals surface area contributed by atoms with Crippen LogP contribution in [0.2, 0.25) is 5.02 Å². The summed E-state index contributed by atoms with van der Waals surface area (Å²) in [5, 5.41) is 9.34. The highest BCUT2D eigenvalue weighted by Crippen LogP contribution is 2.20. The Hall–Kier alpha value is -3.38. The van der Waals surface area contributed by atoms with Crippen LogP contribution < -0.4 is 16.0 Å². The van der Waals surface area contributed by atoms with Gasteiger partial charge in [-0.15, -0.1) is 0 Å². The minimum atomic E-state index is -0.132. The van der Waals surface area contributed by atoms with Gasteiger partial charge in [-0.05, 0) is 48.0 Å². The van der Waals surface area contributed by atoms with E-state index in [0.29, 0.717) is 22.2 Å². The average Bonchev–Trinajstić information content (AvgIpc) is 2.65. The second-order valence-corrected chi connectivity index (χ2v) is 6.61. The molecule has 0 saturated carbocycles. The average molecular weight is 395 g/mol. The van der Waals surface area contributed by atoms with Crippen LogP contribution in [0.3, 0.4) is 0 Å². The highest BCUT2D eigenvalue weighted by Gasteiger charge is 2.05.